The summed E-state index contributed by atoms with van der Waals surface area (Å²) in [6, 6.07) is 0. The molecule has 3 rings (SSSR count). The predicted octanol–water partition coefficient (Wildman–Crippen LogP) is 1.52. The lowest BCUT2D eigenvalue weighted by Gasteiger charge is -2.71. The first-order valence-corrected chi connectivity index (χ1v) is 10.2. The van der Waals surface area contributed by atoms with Crippen molar-refractivity contribution < 1.29 is 34.4 Å². The van der Waals surface area contributed by atoms with Gasteiger partial charge in [-0.25, -0.2) is 0 Å². The third kappa shape index (κ3) is 2.63. The maximum Gasteiger partial charge on any atom is 0.303 e. The fourth-order valence-corrected chi connectivity index (χ4v) is 6.66. The van der Waals surface area contributed by atoms with E-state index in [1.165, 1.54) is 19.9 Å². The average Bonchev–Trinajstić information content (AvgIpc) is 2.59. The molecule has 1 heterocycles. The average molecular weight is 411 g/mol. The highest BCUT2D eigenvalue weighted by Gasteiger charge is 2.81. The highest BCUT2D eigenvalue weighted by molar-refractivity contribution is 5.92. The Morgan fingerprint density at radius 1 is 1.24 bits per heavy atom. The van der Waals surface area contributed by atoms with Crippen molar-refractivity contribution in [3.8, 4) is 0 Å². The molecule has 0 aromatic rings. The van der Waals surface area contributed by atoms with Gasteiger partial charge in [-0.2, -0.15) is 0 Å². The lowest BCUT2D eigenvalue weighted by molar-refractivity contribution is -0.370. The van der Waals surface area contributed by atoms with Gasteiger partial charge in [0.05, 0.1) is 17.8 Å². The van der Waals surface area contributed by atoms with E-state index in [-0.39, 0.29) is 6.42 Å². The third-order valence-electron chi connectivity index (χ3n) is 8.02. The second-order valence-electron chi connectivity index (χ2n) is 10.4. The molecule has 8 atom stereocenters. The van der Waals surface area contributed by atoms with Gasteiger partial charge in [0.15, 0.2) is 17.5 Å². The number of ketones is 1. The van der Waals surface area contributed by atoms with Crippen LogP contribution in [0.3, 0.4) is 0 Å². The number of hydrogen-bond acceptors (Lipinski definition) is 7. The Hall–Kier alpha value is -1.28. The standard InChI is InChI=1S/C22H34O7/c1-8-19(5)11-14(25)22(27)20(6)13(24)9-10-18(3,4)16(20)15(26)17(28-12(2)23)21(22,7)29-19/h8,13,15-17,24,26-27H,1,9-11H2,2-7H3/t13-,15-,16-,17-,19+,20-,21+,22-/m1/s1. The molecular formula is C22H34O7. The van der Waals surface area contributed by atoms with Gasteiger partial charge in [0, 0.05) is 24.7 Å². The number of carbonyl (C=O) groups is 2. The molecule has 1 saturated heterocycles. The van der Waals surface area contributed by atoms with Crippen molar-refractivity contribution in [2.75, 3.05) is 0 Å². The fraction of sp³-hybridized carbons (Fsp3) is 0.818. The van der Waals surface area contributed by atoms with E-state index >= 15 is 0 Å². The monoisotopic (exact) mass is 410 g/mol. The van der Waals surface area contributed by atoms with Crippen LogP contribution in [0.4, 0.5) is 0 Å². The summed E-state index contributed by atoms with van der Waals surface area (Å²) in [5.41, 5.74) is -7.00. The second kappa shape index (κ2) is 6.36. The maximum absolute atomic E-state index is 13.6. The fourth-order valence-electron chi connectivity index (χ4n) is 6.66. The summed E-state index contributed by atoms with van der Waals surface area (Å²) in [4.78, 5) is 25.5. The van der Waals surface area contributed by atoms with Crippen LogP contribution >= 0.6 is 0 Å². The van der Waals surface area contributed by atoms with E-state index < -0.39 is 63.6 Å². The number of ether oxygens (including phenoxy) is 2. The van der Waals surface area contributed by atoms with E-state index in [9.17, 15) is 24.9 Å². The van der Waals surface area contributed by atoms with Crippen molar-refractivity contribution in [3.05, 3.63) is 12.7 Å². The Labute approximate surface area is 172 Å². The molecule has 3 fully saturated rings. The second-order valence-corrected chi connectivity index (χ2v) is 10.4. The predicted molar refractivity (Wildman–Crippen MR) is 105 cm³/mol. The topological polar surface area (TPSA) is 113 Å². The van der Waals surface area contributed by atoms with Crippen LogP contribution in [0.1, 0.15) is 60.8 Å². The van der Waals surface area contributed by atoms with Crippen molar-refractivity contribution in [3.63, 3.8) is 0 Å². The largest absolute Gasteiger partial charge is 0.457 e. The maximum atomic E-state index is 13.6. The molecule has 29 heavy (non-hydrogen) atoms. The Kier molecular flexibility index (Phi) is 4.91. The minimum atomic E-state index is -2.18. The minimum absolute atomic E-state index is 0.138. The van der Waals surface area contributed by atoms with Gasteiger partial charge >= 0.3 is 5.97 Å². The van der Waals surface area contributed by atoms with Crippen LogP contribution in [-0.2, 0) is 19.1 Å². The number of fused-ring (bicyclic) bond motifs is 3. The van der Waals surface area contributed by atoms with Crippen LogP contribution in [-0.4, -0.2) is 62.2 Å². The molecule has 0 aromatic heterocycles. The van der Waals surface area contributed by atoms with Gasteiger partial charge in [0.2, 0.25) is 0 Å². The van der Waals surface area contributed by atoms with Gasteiger partial charge in [-0.1, -0.05) is 26.8 Å². The van der Waals surface area contributed by atoms with E-state index in [1.807, 2.05) is 13.8 Å². The SMILES string of the molecule is C=C[C@@]1(C)CC(=O)[C@@]2(O)[C@]3(C)[C@H](O)CCC(C)(C)[C@H]3[C@@H](O)[C@@H](OC(C)=O)[C@]2(C)O1. The molecule has 0 bridgehead atoms. The molecule has 2 saturated carbocycles. The molecule has 0 unspecified atom stereocenters. The number of aliphatic hydroxyl groups is 3. The lowest BCUT2D eigenvalue weighted by Crippen LogP contribution is -2.86. The molecule has 0 radical (unpaired) electrons. The first kappa shape index (κ1) is 22.4. The Bertz CT molecular complexity index is 747. The van der Waals surface area contributed by atoms with E-state index in [1.54, 1.807) is 13.8 Å². The Morgan fingerprint density at radius 2 is 1.83 bits per heavy atom. The van der Waals surface area contributed by atoms with Crippen molar-refractivity contribution in [1.82, 2.24) is 0 Å². The molecule has 2 aliphatic carbocycles. The van der Waals surface area contributed by atoms with E-state index in [2.05, 4.69) is 6.58 Å². The first-order valence-electron chi connectivity index (χ1n) is 10.2. The lowest BCUT2D eigenvalue weighted by atomic mass is 9.40. The molecule has 7 heteroatoms. The summed E-state index contributed by atoms with van der Waals surface area (Å²) in [6.07, 6.45) is -1.29. The quantitative estimate of drug-likeness (QED) is 0.467. The van der Waals surface area contributed by atoms with Gasteiger partial charge in [-0.05, 0) is 32.1 Å². The van der Waals surface area contributed by atoms with Crippen molar-refractivity contribution in [2.45, 2.75) is 95.9 Å². The highest BCUT2D eigenvalue weighted by atomic mass is 16.6. The number of Topliss-reactive ketones (excluding diaryl/α,β-unsaturated/α-hetero) is 1. The summed E-state index contributed by atoms with van der Waals surface area (Å²) in [6.45, 7) is 13.6. The van der Waals surface area contributed by atoms with Crippen LogP contribution in [0.5, 0.6) is 0 Å². The third-order valence-corrected chi connectivity index (χ3v) is 8.02. The highest BCUT2D eigenvalue weighted by Crippen LogP contribution is 2.66. The molecule has 3 N–H and O–H groups in total. The summed E-state index contributed by atoms with van der Waals surface area (Å²) >= 11 is 0. The van der Waals surface area contributed by atoms with Crippen LogP contribution in [0.25, 0.3) is 0 Å². The number of hydrogen-bond donors (Lipinski definition) is 3. The molecular weight excluding hydrogens is 376 g/mol. The molecule has 0 amide bonds. The molecule has 164 valence electrons. The smallest absolute Gasteiger partial charge is 0.303 e. The molecule has 0 spiro atoms. The number of rotatable bonds is 2. The van der Waals surface area contributed by atoms with Crippen LogP contribution < -0.4 is 0 Å². The normalized spacial score (nSPS) is 51.6. The molecule has 0 aromatic carbocycles. The Morgan fingerprint density at radius 3 is 2.34 bits per heavy atom. The summed E-state index contributed by atoms with van der Waals surface area (Å²) in [5.74, 6) is -1.87. The van der Waals surface area contributed by atoms with Gasteiger partial charge in [0.1, 0.15) is 5.60 Å². The van der Waals surface area contributed by atoms with Crippen molar-refractivity contribution >= 4 is 11.8 Å². The first-order chi connectivity index (χ1) is 13.1. The Balaban J connectivity index is 2.33. The number of carbonyl (C=O) groups excluding carboxylic acids is 2. The minimum Gasteiger partial charge on any atom is -0.457 e. The van der Waals surface area contributed by atoms with Gasteiger partial charge < -0.3 is 24.8 Å². The summed E-state index contributed by atoms with van der Waals surface area (Å²) in [7, 11) is 0. The van der Waals surface area contributed by atoms with E-state index in [0.717, 1.165) is 0 Å². The van der Waals surface area contributed by atoms with Crippen LogP contribution in [0, 0.1) is 16.7 Å². The van der Waals surface area contributed by atoms with Crippen molar-refractivity contribution in [2.24, 2.45) is 16.7 Å². The zero-order valence-electron chi connectivity index (χ0n) is 18.2. The van der Waals surface area contributed by atoms with Gasteiger partial charge in [0.25, 0.3) is 0 Å². The summed E-state index contributed by atoms with van der Waals surface area (Å²) < 4.78 is 11.8. The summed E-state index contributed by atoms with van der Waals surface area (Å²) in [5, 5.41) is 34.7. The van der Waals surface area contributed by atoms with Crippen LogP contribution in [0.15, 0.2) is 12.7 Å². The number of aliphatic hydroxyl groups excluding tert-OH is 2. The van der Waals surface area contributed by atoms with E-state index in [4.69, 9.17) is 9.47 Å². The van der Waals surface area contributed by atoms with Gasteiger partial charge in [-0.3, -0.25) is 9.59 Å². The van der Waals surface area contributed by atoms with Gasteiger partial charge in [-0.15, -0.1) is 6.58 Å². The molecule has 7 nitrogen and oxygen atoms in total. The van der Waals surface area contributed by atoms with E-state index in [0.29, 0.717) is 12.8 Å². The van der Waals surface area contributed by atoms with Crippen molar-refractivity contribution in [1.29, 1.82) is 0 Å². The number of esters is 1. The zero-order chi connectivity index (χ0) is 22.2. The molecule has 3 aliphatic rings. The zero-order valence-corrected chi connectivity index (χ0v) is 18.2. The molecule has 1 aliphatic heterocycles. The van der Waals surface area contributed by atoms with Crippen LogP contribution in [0.2, 0.25) is 0 Å².